The van der Waals surface area contributed by atoms with Crippen LogP contribution >= 0.6 is 31.9 Å². The highest BCUT2D eigenvalue weighted by Gasteiger charge is 2.06. The summed E-state index contributed by atoms with van der Waals surface area (Å²) in [4.78, 5) is 0. The third-order valence-electron chi connectivity index (χ3n) is 3.08. The fourth-order valence-corrected chi connectivity index (χ4v) is 2.74. The molecule has 0 spiro atoms. The van der Waals surface area contributed by atoms with Crippen molar-refractivity contribution in [3.8, 4) is 11.5 Å². The van der Waals surface area contributed by atoms with E-state index in [0.29, 0.717) is 13.2 Å². The minimum absolute atomic E-state index is 0.474. The molecule has 0 fully saturated rings. The Bertz CT molecular complexity index is 617. The molecule has 3 nitrogen and oxygen atoms in total. The van der Waals surface area contributed by atoms with Gasteiger partial charge in [0.05, 0.1) is 7.11 Å². The fraction of sp³-hybridized carbons (Fsp3) is 0.250. The highest BCUT2D eigenvalue weighted by molar-refractivity contribution is 9.10. The molecule has 5 heteroatoms. The molecular formula is C16H17Br2NO2. The van der Waals surface area contributed by atoms with Gasteiger partial charge in [0.2, 0.25) is 0 Å². The quantitative estimate of drug-likeness (QED) is 0.766. The maximum atomic E-state index is 5.87. The van der Waals surface area contributed by atoms with Crippen molar-refractivity contribution in [2.24, 2.45) is 5.73 Å². The average Bonchev–Trinajstić information content (AvgIpc) is 2.49. The summed E-state index contributed by atoms with van der Waals surface area (Å²) in [6, 6.07) is 11.8. The first kappa shape index (κ1) is 16.3. The van der Waals surface area contributed by atoms with Crippen molar-refractivity contribution in [1.29, 1.82) is 0 Å². The van der Waals surface area contributed by atoms with Crippen LogP contribution in [-0.2, 0) is 13.0 Å². The van der Waals surface area contributed by atoms with Crippen molar-refractivity contribution in [3.05, 3.63) is 56.5 Å². The molecule has 0 aliphatic rings. The van der Waals surface area contributed by atoms with Crippen LogP contribution < -0.4 is 15.2 Å². The molecule has 2 N–H and O–H groups in total. The second-order valence-electron chi connectivity index (χ2n) is 4.54. The molecule has 0 saturated heterocycles. The molecule has 0 bridgehead atoms. The van der Waals surface area contributed by atoms with Gasteiger partial charge in [0.15, 0.2) is 0 Å². The number of rotatable bonds is 6. The highest BCUT2D eigenvalue weighted by Crippen LogP contribution is 2.26. The predicted molar refractivity (Wildman–Crippen MR) is 91.9 cm³/mol. The van der Waals surface area contributed by atoms with Gasteiger partial charge in [-0.15, -0.1) is 0 Å². The zero-order chi connectivity index (χ0) is 15.2. The van der Waals surface area contributed by atoms with Crippen LogP contribution in [0.5, 0.6) is 11.5 Å². The smallest absolute Gasteiger partial charge is 0.120 e. The third-order valence-corrected chi connectivity index (χ3v) is 4.63. The van der Waals surface area contributed by atoms with Gasteiger partial charge in [0, 0.05) is 14.5 Å². The molecule has 2 aromatic rings. The SMILES string of the molecule is COc1ccc(Br)c(COc2ccc(Br)c(CCN)c2)c1. The van der Waals surface area contributed by atoms with E-state index in [0.717, 1.165) is 38.0 Å². The Morgan fingerprint density at radius 2 is 1.57 bits per heavy atom. The van der Waals surface area contributed by atoms with Crippen molar-refractivity contribution < 1.29 is 9.47 Å². The Balaban J connectivity index is 2.11. The molecule has 0 amide bonds. The van der Waals surface area contributed by atoms with Crippen LogP contribution in [0.2, 0.25) is 0 Å². The van der Waals surface area contributed by atoms with Gasteiger partial charge in [-0.1, -0.05) is 31.9 Å². The summed E-state index contributed by atoms with van der Waals surface area (Å²) in [5.41, 5.74) is 7.81. The molecule has 0 atom stereocenters. The molecule has 2 rings (SSSR count). The number of hydrogen-bond acceptors (Lipinski definition) is 3. The first-order valence-corrected chi connectivity index (χ1v) is 8.16. The van der Waals surface area contributed by atoms with E-state index in [1.165, 1.54) is 0 Å². The molecule has 0 radical (unpaired) electrons. The lowest BCUT2D eigenvalue weighted by Gasteiger charge is -2.11. The molecule has 0 aromatic heterocycles. The van der Waals surface area contributed by atoms with E-state index in [2.05, 4.69) is 31.9 Å². The first-order valence-electron chi connectivity index (χ1n) is 6.57. The third kappa shape index (κ3) is 4.46. The van der Waals surface area contributed by atoms with Crippen LogP contribution in [0.4, 0.5) is 0 Å². The van der Waals surface area contributed by atoms with Crippen LogP contribution in [0.1, 0.15) is 11.1 Å². The number of benzene rings is 2. The summed E-state index contributed by atoms with van der Waals surface area (Å²) in [5, 5.41) is 0. The molecule has 2 aromatic carbocycles. The number of methoxy groups -OCH3 is 1. The zero-order valence-corrected chi connectivity index (χ0v) is 14.9. The molecule has 21 heavy (non-hydrogen) atoms. The van der Waals surface area contributed by atoms with Crippen molar-refractivity contribution in [2.45, 2.75) is 13.0 Å². The van der Waals surface area contributed by atoms with Crippen LogP contribution in [0.25, 0.3) is 0 Å². The van der Waals surface area contributed by atoms with Gasteiger partial charge in [-0.25, -0.2) is 0 Å². The van der Waals surface area contributed by atoms with Gasteiger partial charge in [0.1, 0.15) is 18.1 Å². The maximum absolute atomic E-state index is 5.87. The van der Waals surface area contributed by atoms with Crippen LogP contribution in [0, 0.1) is 0 Å². The van der Waals surface area contributed by atoms with Gasteiger partial charge in [-0.3, -0.25) is 0 Å². The van der Waals surface area contributed by atoms with E-state index in [1.54, 1.807) is 7.11 Å². The van der Waals surface area contributed by atoms with Gasteiger partial charge in [-0.2, -0.15) is 0 Å². The largest absolute Gasteiger partial charge is 0.497 e. The lowest BCUT2D eigenvalue weighted by Crippen LogP contribution is -2.04. The Morgan fingerprint density at radius 3 is 2.24 bits per heavy atom. The van der Waals surface area contributed by atoms with E-state index in [4.69, 9.17) is 15.2 Å². The van der Waals surface area contributed by atoms with Crippen LogP contribution in [-0.4, -0.2) is 13.7 Å². The normalized spacial score (nSPS) is 10.5. The molecule has 0 aliphatic heterocycles. The number of ether oxygens (including phenoxy) is 2. The monoisotopic (exact) mass is 413 g/mol. The van der Waals surface area contributed by atoms with Crippen molar-refractivity contribution in [1.82, 2.24) is 0 Å². The maximum Gasteiger partial charge on any atom is 0.120 e. The summed E-state index contributed by atoms with van der Waals surface area (Å²) < 4.78 is 13.2. The summed E-state index contributed by atoms with van der Waals surface area (Å²) in [6.45, 7) is 1.09. The molecular weight excluding hydrogens is 398 g/mol. The van der Waals surface area contributed by atoms with Crippen molar-refractivity contribution in [3.63, 3.8) is 0 Å². The molecule has 0 heterocycles. The molecule has 0 unspecified atom stereocenters. The van der Waals surface area contributed by atoms with E-state index < -0.39 is 0 Å². The van der Waals surface area contributed by atoms with Crippen molar-refractivity contribution >= 4 is 31.9 Å². The predicted octanol–water partition coefficient (Wildman–Crippen LogP) is 4.30. The van der Waals surface area contributed by atoms with Gasteiger partial charge in [0.25, 0.3) is 0 Å². The van der Waals surface area contributed by atoms with E-state index >= 15 is 0 Å². The van der Waals surface area contributed by atoms with E-state index in [-0.39, 0.29) is 0 Å². The molecule has 0 saturated carbocycles. The standard InChI is InChI=1S/C16H17Br2NO2/c1-20-13-2-4-16(18)12(9-13)10-21-14-3-5-15(17)11(8-14)6-7-19/h2-5,8-9H,6-7,10,19H2,1H3. The minimum Gasteiger partial charge on any atom is -0.497 e. The number of hydrogen-bond donors (Lipinski definition) is 1. The Hall–Kier alpha value is -1.04. The minimum atomic E-state index is 0.474. The van der Waals surface area contributed by atoms with E-state index in [9.17, 15) is 0 Å². The topological polar surface area (TPSA) is 44.5 Å². The first-order chi connectivity index (χ1) is 10.1. The molecule has 0 aliphatic carbocycles. The Kier molecular flexibility index (Phi) is 6.08. The van der Waals surface area contributed by atoms with Crippen LogP contribution in [0.3, 0.4) is 0 Å². The highest BCUT2D eigenvalue weighted by atomic mass is 79.9. The average molecular weight is 415 g/mol. The Labute approximate surface area is 141 Å². The zero-order valence-electron chi connectivity index (χ0n) is 11.7. The van der Waals surface area contributed by atoms with E-state index in [1.807, 2.05) is 36.4 Å². The number of nitrogens with two attached hydrogens (primary N) is 1. The molecule has 112 valence electrons. The number of halogens is 2. The second kappa shape index (κ2) is 7.82. The van der Waals surface area contributed by atoms with Crippen LogP contribution in [0.15, 0.2) is 45.3 Å². The Morgan fingerprint density at radius 1 is 0.952 bits per heavy atom. The lowest BCUT2D eigenvalue weighted by atomic mass is 10.1. The summed E-state index contributed by atoms with van der Waals surface area (Å²) >= 11 is 7.05. The van der Waals surface area contributed by atoms with Gasteiger partial charge < -0.3 is 15.2 Å². The lowest BCUT2D eigenvalue weighted by molar-refractivity contribution is 0.304. The second-order valence-corrected chi connectivity index (χ2v) is 6.25. The summed E-state index contributed by atoms with van der Waals surface area (Å²) in [5.74, 6) is 1.65. The summed E-state index contributed by atoms with van der Waals surface area (Å²) in [7, 11) is 1.65. The summed E-state index contributed by atoms with van der Waals surface area (Å²) in [6.07, 6.45) is 0.820. The van der Waals surface area contributed by atoms with Gasteiger partial charge in [-0.05, 0) is 54.9 Å². The fourth-order valence-electron chi connectivity index (χ4n) is 1.94. The van der Waals surface area contributed by atoms with Gasteiger partial charge >= 0.3 is 0 Å². The van der Waals surface area contributed by atoms with Crippen molar-refractivity contribution in [2.75, 3.05) is 13.7 Å².